The Morgan fingerprint density at radius 3 is 2.65 bits per heavy atom. The van der Waals surface area contributed by atoms with E-state index in [-0.39, 0.29) is 6.54 Å². The summed E-state index contributed by atoms with van der Waals surface area (Å²) in [5.41, 5.74) is 4.14. The Labute approximate surface area is 121 Å². The lowest BCUT2D eigenvalue weighted by Crippen LogP contribution is -2.35. The molecule has 4 nitrogen and oxygen atoms in total. The first kappa shape index (κ1) is 15.0. The molecule has 0 spiro atoms. The van der Waals surface area contributed by atoms with E-state index >= 15 is 0 Å². The van der Waals surface area contributed by atoms with E-state index in [9.17, 15) is 4.79 Å². The molecule has 1 N–H and O–H groups in total. The fourth-order valence-electron chi connectivity index (χ4n) is 2.73. The quantitative estimate of drug-likeness (QED) is 0.822. The van der Waals surface area contributed by atoms with Crippen molar-refractivity contribution in [2.45, 2.75) is 25.8 Å². The number of fused-ring (bicyclic) bond motifs is 1. The summed E-state index contributed by atoms with van der Waals surface area (Å²) >= 11 is 0. The van der Waals surface area contributed by atoms with Gasteiger partial charge in [0.25, 0.3) is 0 Å². The molecule has 0 amide bonds. The Morgan fingerprint density at radius 1 is 1.20 bits per heavy atom. The number of aliphatic carboxylic acids is 1. The van der Waals surface area contributed by atoms with E-state index in [0.717, 1.165) is 13.1 Å². The fourth-order valence-corrected chi connectivity index (χ4v) is 2.73. The van der Waals surface area contributed by atoms with E-state index in [4.69, 9.17) is 5.11 Å². The van der Waals surface area contributed by atoms with Gasteiger partial charge in [-0.2, -0.15) is 0 Å². The van der Waals surface area contributed by atoms with Gasteiger partial charge in [-0.3, -0.25) is 9.69 Å². The van der Waals surface area contributed by atoms with Crippen LogP contribution in [0.5, 0.6) is 0 Å². The van der Waals surface area contributed by atoms with Crippen LogP contribution in [0.25, 0.3) is 0 Å². The topological polar surface area (TPSA) is 43.8 Å². The van der Waals surface area contributed by atoms with Crippen LogP contribution in [0.4, 0.5) is 0 Å². The highest BCUT2D eigenvalue weighted by Gasteiger charge is 2.14. The van der Waals surface area contributed by atoms with E-state index in [0.29, 0.717) is 6.54 Å². The van der Waals surface area contributed by atoms with Crippen LogP contribution in [-0.4, -0.2) is 54.6 Å². The minimum atomic E-state index is -0.759. The van der Waals surface area contributed by atoms with Crippen molar-refractivity contribution in [2.75, 3.05) is 33.7 Å². The molecule has 20 heavy (non-hydrogen) atoms. The zero-order valence-electron chi connectivity index (χ0n) is 12.4. The lowest BCUT2D eigenvalue weighted by Gasteiger charge is -2.22. The average Bonchev–Trinajstić information content (AvgIpc) is 2.82. The first-order valence-electron chi connectivity index (χ1n) is 7.24. The number of rotatable bonds is 7. The first-order valence-corrected chi connectivity index (χ1v) is 7.24. The summed E-state index contributed by atoms with van der Waals surface area (Å²) < 4.78 is 0. The molecule has 1 aliphatic carbocycles. The summed E-state index contributed by atoms with van der Waals surface area (Å²) in [6.07, 6.45) is 3.60. The molecule has 0 radical (unpaired) electrons. The molecule has 110 valence electrons. The van der Waals surface area contributed by atoms with E-state index in [1.807, 2.05) is 19.0 Å². The molecule has 0 fully saturated rings. The summed E-state index contributed by atoms with van der Waals surface area (Å²) in [7, 11) is 4.02. The number of benzene rings is 1. The molecule has 1 aromatic rings. The highest BCUT2D eigenvalue weighted by atomic mass is 16.4. The van der Waals surface area contributed by atoms with Crippen molar-refractivity contribution in [2.24, 2.45) is 0 Å². The molecule has 0 saturated carbocycles. The molecule has 1 aliphatic rings. The van der Waals surface area contributed by atoms with Crippen molar-refractivity contribution in [3.63, 3.8) is 0 Å². The smallest absolute Gasteiger partial charge is 0.317 e. The van der Waals surface area contributed by atoms with E-state index in [1.54, 1.807) is 0 Å². The summed E-state index contributed by atoms with van der Waals surface area (Å²) in [5, 5.41) is 9.03. The predicted molar refractivity (Wildman–Crippen MR) is 79.9 cm³/mol. The van der Waals surface area contributed by atoms with Gasteiger partial charge in [-0.1, -0.05) is 18.2 Å². The van der Waals surface area contributed by atoms with Crippen LogP contribution in [0.2, 0.25) is 0 Å². The van der Waals surface area contributed by atoms with Gasteiger partial charge < -0.3 is 10.0 Å². The van der Waals surface area contributed by atoms with Crippen LogP contribution in [0.15, 0.2) is 18.2 Å². The Bertz CT molecular complexity index is 472. The number of nitrogens with zero attached hydrogens (tertiary/aromatic N) is 2. The second kappa shape index (κ2) is 6.86. The van der Waals surface area contributed by atoms with E-state index in [1.165, 1.54) is 36.0 Å². The molecule has 0 unspecified atom stereocenters. The number of hydrogen-bond donors (Lipinski definition) is 1. The third-order valence-corrected chi connectivity index (χ3v) is 3.79. The van der Waals surface area contributed by atoms with E-state index < -0.39 is 5.97 Å². The SMILES string of the molecule is CN(C)CCN(CC(=O)O)Cc1ccc2c(c1)CCC2. The Morgan fingerprint density at radius 2 is 1.95 bits per heavy atom. The number of carboxylic acids is 1. The van der Waals surface area contributed by atoms with Crippen molar-refractivity contribution >= 4 is 5.97 Å². The number of likely N-dealkylation sites (N-methyl/N-ethyl adjacent to an activating group) is 1. The third-order valence-electron chi connectivity index (χ3n) is 3.79. The lowest BCUT2D eigenvalue weighted by atomic mass is 10.1. The summed E-state index contributed by atoms with van der Waals surface area (Å²) in [5.74, 6) is -0.759. The van der Waals surface area contributed by atoms with Crippen LogP contribution in [0.3, 0.4) is 0 Å². The molecule has 0 heterocycles. The van der Waals surface area contributed by atoms with Gasteiger partial charge in [0, 0.05) is 19.6 Å². The second-order valence-corrected chi connectivity index (χ2v) is 5.86. The Balaban J connectivity index is 2.00. The van der Waals surface area contributed by atoms with Crippen molar-refractivity contribution in [1.29, 1.82) is 0 Å². The van der Waals surface area contributed by atoms with Crippen molar-refractivity contribution in [3.05, 3.63) is 34.9 Å². The second-order valence-electron chi connectivity index (χ2n) is 5.86. The maximum atomic E-state index is 11.0. The molecule has 0 aliphatic heterocycles. The molecule has 0 atom stereocenters. The van der Waals surface area contributed by atoms with Crippen LogP contribution in [0, 0.1) is 0 Å². The van der Waals surface area contributed by atoms with E-state index in [2.05, 4.69) is 23.1 Å². The van der Waals surface area contributed by atoms with Gasteiger partial charge >= 0.3 is 5.97 Å². The van der Waals surface area contributed by atoms with Gasteiger partial charge in [0.1, 0.15) is 0 Å². The minimum absolute atomic E-state index is 0.102. The van der Waals surface area contributed by atoms with Gasteiger partial charge in [-0.05, 0) is 50.0 Å². The van der Waals surface area contributed by atoms with Gasteiger partial charge in [-0.15, -0.1) is 0 Å². The maximum absolute atomic E-state index is 11.0. The number of hydrogen-bond acceptors (Lipinski definition) is 3. The molecular weight excluding hydrogens is 252 g/mol. The van der Waals surface area contributed by atoms with Crippen LogP contribution in [-0.2, 0) is 24.2 Å². The molecule has 0 aromatic heterocycles. The normalized spacial score (nSPS) is 14.0. The fraction of sp³-hybridized carbons (Fsp3) is 0.562. The Hall–Kier alpha value is -1.39. The minimum Gasteiger partial charge on any atom is -0.480 e. The Kier molecular flexibility index (Phi) is 5.15. The lowest BCUT2D eigenvalue weighted by molar-refractivity contribution is -0.138. The maximum Gasteiger partial charge on any atom is 0.317 e. The molecule has 4 heteroatoms. The molecule has 0 saturated heterocycles. The van der Waals surface area contributed by atoms with Crippen LogP contribution in [0.1, 0.15) is 23.1 Å². The number of carbonyl (C=O) groups is 1. The molecule has 1 aromatic carbocycles. The largest absolute Gasteiger partial charge is 0.480 e. The first-order chi connectivity index (χ1) is 9.54. The van der Waals surface area contributed by atoms with Crippen molar-refractivity contribution in [3.8, 4) is 0 Å². The number of carboxylic acid groups (broad SMARTS) is 1. The van der Waals surface area contributed by atoms with Crippen LogP contribution >= 0.6 is 0 Å². The van der Waals surface area contributed by atoms with Crippen LogP contribution < -0.4 is 0 Å². The van der Waals surface area contributed by atoms with Gasteiger partial charge in [0.15, 0.2) is 0 Å². The van der Waals surface area contributed by atoms with Crippen molar-refractivity contribution in [1.82, 2.24) is 9.80 Å². The van der Waals surface area contributed by atoms with Crippen molar-refractivity contribution < 1.29 is 9.90 Å². The predicted octanol–water partition coefficient (Wildman–Crippen LogP) is 1.62. The highest BCUT2D eigenvalue weighted by Crippen LogP contribution is 2.23. The summed E-state index contributed by atoms with van der Waals surface area (Å²) in [4.78, 5) is 15.1. The summed E-state index contributed by atoms with van der Waals surface area (Å²) in [6, 6.07) is 6.62. The third kappa shape index (κ3) is 4.32. The molecule has 2 rings (SSSR count). The van der Waals surface area contributed by atoms with Gasteiger partial charge in [0.05, 0.1) is 6.54 Å². The zero-order chi connectivity index (χ0) is 14.5. The van der Waals surface area contributed by atoms with Gasteiger partial charge in [0.2, 0.25) is 0 Å². The number of aryl methyl sites for hydroxylation is 2. The average molecular weight is 276 g/mol. The molecular formula is C16H24N2O2. The highest BCUT2D eigenvalue weighted by molar-refractivity contribution is 5.69. The summed E-state index contributed by atoms with van der Waals surface area (Å²) in [6.45, 7) is 2.47. The standard InChI is InChI=1S/C16H24N2O2/c1-17(2)8-9-18(12-16(19)20)11-13-6-7-14-4-3-5-15(14)10-13/h6-7,10H,3-5,8-9,11-12H2,1-2H3,(H,19,20). The zero-order valence-corrected chi connectivity index (χ0v) is 12.4. The van der Waals surface area contributed by atoms with Gasteiger partial charge in [-0.25, -0.2) is 0 Å². The monoisotopic (exact) mass is 276 g/mol. The molecule has 0 bridgehead atoms.